The van der Waals surface area contributed by atoms with Gasteiger partial charge in [-0.3, -0.25) is 72.9 Å². The van der Waals surface area contributed by atoms with Gasteiger partial charge in [0.05, 0.1) is 11.9 Å². The Kier molecular flexibility index (Phi) is 29.0. The smallest absolute Gasteiger partial charge is 0.244 e. The molecule has 4 heterocycles. The predicted molar refractivity (Wildman–Crippen MR) is 359 cm³/mol. The Morgan fingerprint density at radius 2 is 1.12 bits per heavy atom. The molecule has 0 unspecified atom stereocenters. The first-order valence-corrected chi connectivity index (χ1v) is 34.2. The number of rotatable bonds is 15. The number of nitrogens with two attached hydrogens (primary N) is 3. The van der Waals surface area contributed by atoms with Crippen LogP contribution in [0.15, 0.2) is 82.6 Å². The number of carbonyl (C=O) groups is 12. The summed E-state index contributed by atoms with van der Waals surface area (Å²) in [5.41, 5.74) is 19.4. The Balaban J connectivity index is 1.47. The van der Waals surface area contributed by atoms with E-state index in [1.165, 1.54) is 34.6 Å². The van der Waals surface area contributed by atoms with Crippen LogP contribution in [0.1, 0.15) is 123 Å². The zero-order valence-corrected chi connectivity index (χ0v) is 55.4. The topological polar surface area (TPSA) is 443 Å². The number of guanidine groups is 1. The molecule has 8 amide bonds. The van der Waals surface area contributed by atoms with E-state index in [0.29, 0.717) is 36.1 Å². The van der Waals surface area contributed by atoms with Crippen molar-refractivity contribution in [1.29, 1.82) is 5.41 Å². The highest BCUT2D eigenvalue weighted by molar-refractivity contribution is 8.76. The Bertz CT molecular complexity index is 3350. The van der Waals surface area contributed by atoms with Crippen LogP contribution in [0.2, 0.25) is 0 Å². The first-order valence-electron chi connectivity index (χ1n) is 31.7. The van der Waals surface area contributed by atoms with E-state index in [4.69, 9.17) is 22.6 Å². The van der Waals surface area contributed by atoms with Crippen molar-refractivity contribution in [1.82, 2.24) is 47.5 Å². The van der Waals surface area contributed by atoms with E-state index in [1.54, 1.807) is 48.8 Å². The lowest BCUT2D eigenvalue weighted by Crippen LogP contribution is -2.60. The van der Waals surface area contributed by atoms with Crippen LogP contribution >= 0.6 is 21.6 Å². The number of ketones is 4. The first-order chi connectivity index (χ1) is 44.8. The number of para-hydroxylation sites is 1. The van der Waals surface area contributed by atoms with Crippen LogP contribution < -0.4 is 59.7 Å². The van der Waals surface area contributed by atoms with Crippen molar-refractivity contribution in [3.05, 3.63) is 83.7 Å². The quantitative estimate of drug-likeness (QED) is 0.0447. The van der Waals surface area contributed by atoms with E-state index in [1.807, 2.05) is 24.3 Å². The van der Waals surface area contributed by atoms with E-state index in [2.05, 4.69) is 57.5 Å². The van der Waals surface area contributed by atoms with Crippen molar-refractivity contribution >= 4 is 121 Å². The number of unbranched alkanes of at least 4 members (excludes halogenated alkanes) is 1. The number of aliphatic imine (C=N–C) groups is 2. The summed E-state index contributed by atoms with van der Waals surface area (Å²) in [5.74, 6) is -13.4. The number of amidine groups is 1. The maximum Gasteiger partial charge on any atom is 0.244 e. The average Bonchev–Trinajstić information content (AvgIpc) is 1.67. The number of aromatic nitrogens is 1. The number of Topliss-reactive ketones (excluding diaryl/α,β-unsaturated/α-hetero) is 4. The third kappa shape index (κ3) is 23.4. The molecule has 16 N–H and O–H groups in total. The van der Waals surface area contributed by atoms with Crippen LogP contribution in [-0.2, 0) is 70.4 Å². The van der Waals surface area contributed by atoms with Crippen LogP contribution in [0.25, 0.3) is 10.9 Å². The highest BCUT2D eigenvalue weighted by Gasteiger charge is 2.37. The van der Waals surface area contributed by atoms with Gasteiger partial charge in [0, 0.05) is 122 Å². The van der Waals surface area contributed by atoms with Crippen molar-refractivity contribution in [3.8, 4) is 0 Å². The first kappa shape index (κ1) is 74.3. The monoisotopic (exact) mass is 1340 g/mol. The minimum atomic E-state index is -1.51. The second-order valence-electron chi connectivity index (χ2n) is 24.4. The summed E-state index contributed by atoms with van der Waals surface area (Å²) in [4.78, 5) is 185. The molecule has 3 aromatic rings. The Labute approximate surface area is 554 Å². The summed E-state index contributed by atoms with van der Waals surface area (Å²) in [6.07, 6.45) is 4.65. The highest BCUT2D eigenvalue weighted by Crippen LogP contribution is 2.32. The minimum Gasteiger partial charge on any atom is -0.388 e. The molecule has 508 valence electrons. The molecule has 2 bridgehead atoms. The average molecular weight is 1340 g/mol. The molecule has 27 nitrogen and oxygen atoms in total. The van der Waals surface area contributed by atoms with E-state index in [-0.39, 0.29) is 87.6 Å². The number of H-pyrrole nitrogens is 1. The zero-order valence-electron chi connectivity index (χ0n) is 53.7. The van der Waals surface area contributed by atoms with Gasteiger partial charge in [-0.05, 0) is 70.1 Å². The van der Waals surface area contributed by atoms with E-state index in [9.17, 15) is 47.9 Å². The molecular weight excluding hydrogens is 1250 g/mol. The number of aromatic amines is 1. The molecule has 0 radical (unpaired) electrons. The molecule has 0 saturated carbocycles. The molecular formula is C65H89N15O12S2. The van der Waals surface area contributed by atoms with E-state index < -0.39 is 155 Å². The summed E-state index contributed by atoms with van der Waals surface area (Å²) in [6, 6.07) is 5.25. The second-order valence-corrected chi connectivity index (χ2v) is 26.9. The molecule has 2 aromatic carbocycles. The minimum absolute atomic E-state index is 0.00134. The van der Waals surface area contributed by atoms with Crippen LogP contribution in [0.3, 0.4) is 0 Å². The van der Waals surface area contributed by atoms with Gasteiger partial charge in [-0.25, -0.2) is 0 Å². The fourth-order valence-corrected chi connectivity index (χ4v) is 13.4. The molecule has 0 aliphatic carbocycles. The summed E-state index contributed by atoms with van der Waals surface area (Å²) in [7, 11) is 2.09. The van der Waals surface area contributed by atoms with Gasteiger partial charge < -0.3 is 64.7 Å². The van der Waals surface area contributed by atoms with Gasteiger partial charge in [-0.1, -0.05) is 96.5 Å². The summed E-state index contributed by atoms with van der Waals surface area (Å²) in [5, 5.41) is 30.1. The summed E-state index contributed by atoms with van der Waals surface area (Å²) < 4.78 is 0. The molecule has 0 spiro atoms. The van der Waals surface area contributed by atoms with Crippen molar-refractivity contribution in [2.75, 3.05) is 18.1 Å². The number of benzene rings is 2. The fraction of sp³-hybridized carbons (Fsp3) is 0.523. The Morgan fingerprint density at radius 1 is 0.543 bits per heavy atom. The SMILES string of the molecule is C[C@@H]1CC(=O)[C@@H]2CSSC[C@H](NC(=O)[C@H](CCCN=C(N)N)NC(=O)[C@H](C)NC(=O)[C@@H](C)NC(=O)[C@H](C)CC1=O)C(=O)N[C@@H](C)C(=O)N[C@@H](CC1=CCC=N1)C(=O)N[C@H](Cc1ccccc1)C(=O)N[C@@H](CCCCC(=N)N)C(=O)C[C@@H](Cc1c[nH]c3ccccc13)C(=O)C2. The lowest BCUT2D eigenvalue weighted by atomic mass is 9.82. The van der Waals surface area contributed by atoms with Gasteiger partial charge in [-0.2, -0.15) is 0 Å². The van der Waals surface area contributed by atoms with Crippen LogP contribution in [0, 0.1) is 29.1 Å². The van der Waals surface area contributed by atoms with Gasteiger partial charge in [0.1, 0.15) is 59.6 Å². The molecule has 12 atom stereocenters. The zero-order chi connectivity index (χ0) is 68.6. The molecule has 1 aromatic heterocycles. The van der Waals surface area contributed by atoms with Crippen molar-refractivity contribution in [2.24, 2.45) is 50.9 Å². The number of nitrogens with one attached hydrogen (secondary N) is 10. The van der Waals surface area contributed by atoms with Crippen LogP contribution in [-0.4, -0.2) is 160 Å². The number of hydrogen-bond acceptors (Lipinski definition) is 17. The number of carbonyl (C=O) groups excluding carboxylic acids is 12. The number of hydrogen-bond donors (Lipinski definition) is 13. The predicted octanol–water partition coefficient (Wildman–Crippen LogP) is 1.94. The molecule has 29 heteroatoms. The Hall–Kier alpha value is -8.73. The molecule has 3 aliphatic rings. The second kappa shape index (κ2) is 36.6. The van der Waals surface area contributed by atoms with Gasteiger partial charge in [-0.15, -0.1) is 0 Å². The number of amides is 8. The third-order valence-electron chi connectivity index (χ3n) is 16.6. The largest absolute Gasteiger partial charge is 0.388 e. The third-order valence-corrected chi connectivity index (χ3v) is 19.1. The number of allylic oxidation sites excluding steroid dienone is 1. The van der Waals surface area contributed by atoms with Gasteiger partial charge in [0.25, 0.3) is 0 Å². The highest BCUT2D eigenvalue weighted by atomic mass is 33.1. The van der Waals surface area contributed by atoms with Crippen LogP contribution in [0.5, 0.6) is 0 Å². The van der Waals surface area contributed by atoms with Crippen molar-refractivity contribution in [2.45, 2.75) is 173 Å². The standard InChI is InChI=1S/C65H89N15O12S2/c1-35-25-53(82)43-30-54(83)41(28-42-32-72-46-19-10-9-18-45(42)46)29-55(84)47(20-11-12-22-56(66)67)76-62(90)49(27-40-15-7-6-8-16-40)79-63(91)50(31-44-17-13-23-70-44)78-60(88)39(5)75-64(92)51(34-94-93-33-43)80-61(89)48(21-14-24-71-65(68)69)77-59(87)38(4)74-58(86)37(3)73-57(85)36(2)26-52(35)81/h6-10,15-19,23,32,35-39,41,43,47-51,72H,11-14,20-22,24-31,33-34H2,1-5H3,(H3,66,67)(H,73,85)(H,74,86)(H,75,92)(H,76,90)(H,77,87)(H,78,88)(H,79,91)(H,80,89)(H4,68,69,71)/t35-,36-,37-,38+,39+,41-,43+,47+,48+,49-,50+,51+/m1/s1. The molecule has 94 heavy (non-hydrogen) atoms. The Morgan fingerprint density at radius 3 is 1.79 bits per heavy atom. The summed E-state index contributed by atoms with van der Waals surface area (Å²) in [6.45, 7) is 7.10. The molecule has 2 fully saturated rings. The van der Waals surface area contributed by atoms with Gasteiger partial charge in [0.15, 0.2) is 11.7 Å². The van der Waals surface area contributed by atoms with Crippen LogP contribution in [0.4, 0.5) is 0 Å². The number of nitrogens with zero attached hydrogens (tertiary/aromatic N) is 2. The molecule has 2 saturated heterocycles. The van der Waals surface area contributed by atoms with Gasteiger partial charge >= 0.3 is 0 Å². The molecule has 6 rings (SSSR count). The van der Waals surface area contributed by atoms with E-state index in [0.717, 1.165) is 32.5 Å². The normalized spacial score (nSPS) is 26.9. The summed E-state index contributed by atoms with van der Waals surface area (Å²) >= 11 is 0. The van der Waals surface area contributed by atoms with Gasteiger partial charge in [0.2, 0.25) is 47.3 Å². The lowest BCUT2D eigenvalue weighted by Gasteiger charge is -2.27. The molecule has 3 aliphatic heterocycles. The van der Waals surface area contributed by atoms with Crippen molar-refractivity contribution < 1.29 is 57.5 Å². The maximum atomic E-state index is 15.4. The lowest BCUT2D eigenvalue weighted by molar-refractivity contribution is -0.136. The maximum absolute atomic E-state index is 15.4. The fourth-order valence-electron chi connectivity index (χ4n) is 10.9. The number of fused-ring (bicyclic) bond motifs is 6. The van der Waals surface area contributed by atoms with Crippen molar-refractivity contribution in [3.63, 3.8) is 0 Å². The van der Waals surface area contributed by atoms with E-state index >= 15 is 9.59 Å².